The van der Waals surface area contributed by atoms with E-state index in [4.69, 9.17) is 15.4 Å². The first-order valence-corrected chi connectivity index (χ1v) is 6.65. The molecule has 0 radical (unpaired) electrons. The lowest BCUT2D eigenvalue weighted by atomic mass is 10.8. The topological polar surface area (TPSA) is 59.5 Å². The third kappa shape index (κ3) is 2.28. The van der Waals surface area contributed by atoms with Crippen molar-refractivity contribution in [1.29, 1.82) is 0 Å². The number of methoxy groups -OCH3 is 1. The minimum atomic E-state index is -3.78. The van der Waals surface area contributed by atoms with Gasteiger partial charge in [-0.3, -0.25) is 0 Å². The van der Waals surface area contributed by atoms with Gasteiger partial charge in [0.1, 0.15) is 0 Å². The third-order valence-corrected chi connectivity index (χ3v) is 4.62. The summed E-state index contributed by atoms with van der Waals surface area (Å²) in [6.07, 6.45) is 0. The number of halogens is 1. The lowest BCUT2D eigenvalue weighted by molar-refractivity contribution is 0.391. The first-order chi connectivity index (χ1) is 6.36. The SMILES string of the molecule is COc1nc(N(C)C)sc1S(=O)(=O)Cl. The van der Waals surface area contributed by atoms with E-state index in [-0.39, 0.29) is 10.1 Å². The van der Waals surface area contributed by atoms with Crippen LogP contribution in [0.4, 0.5) is 5.13 Å². The van der Waals surface area contributed by atoms with Gasteiger partial charge in [0.25, 0.3) is 9.05 Å². The Morgan fingerprint density at radius 1 is 1.50 bits per heavy atom. The van der Waals surface area contributed by atoms with Crippen molar-refractivity contribution < 1.29 is 13.2 Å². The summed E-state index contributed by atoms with van der Waals surface area (Å²) >= 11 is 0.969. The van der Waals surface area contributed by atoms with Gasteiger partial charge < -0.3 is 9.64 Å². The molecule has 0 atom stereocenters. The van der Waals surface area contributed by atoms with Crippen molar-refractivity contribution in [3.8, 4) is 5.88 Å². The van der Waals surface area contributed by atoms with E-state index in [1.54, 1.807) is 19.0 Å². The fourth-order valence-electron chi connectivity index (χ4n) is 0.756. The van der Waals surface area contributed by atoms with Gasteiger partial charge in [-0.1, -0.05) is 11.3 Å². The molecule has 1 heterocycles. The van der Waals surface area contributed by atoms with Gasteiger partial charge >= 0.3 is 0 Å². The smallest absolute Gasteiger partial charge is 0.276 e. The molecule has 0 aromatic carbocycles. The number of aromatic nitrogens is 1. The number of nitrogens with zero attached hydrogens (tertiary/aromatic N) is 2. The zero-order valence-electron chi connectivity index (χ0n) is 7.81. The maximum atomic E-state index is 11.1. The highest BCUT2D eigenvalue weighted by Gasteiger charge is 2.23. The summed E-state index contributed by atoms with van der Waals surface area (Å²) in [6.45, 7) is 0. The van der Waals surface area contributed by atoms with Crippen molar-refractivity contribution in [1.82, 2.24) is 4.98 Å². The fourth-order valence-corrected chi connectivity index (χ4v) is 2.89. The second-order valence-corrected chi connectivity index (χ2v) is 6.36. The van der Waals surface area contributed by atoms with Crippen LogP contribution in [0.15, 0.2) is 4.21 Å². The first-order valence-electron chi connectivity index (χ1n) is 3.53. The van der Waals surface area contributed by atoms with Crippen molar-refractivity contribution in [2.45, 2.75) is 4.21 Å². The Labute approximate surface area is 90.7 Å². The minimum absolute atomic E-state index is 0.0358. The molecule has 1 rings (SSSR count). The van der Waals surface area contributed by atoms with Crippen LogP contribution in [0.5, 0.6) is 5.88 Å². The van der Waals surface area contributed by atoms with Gasteiger partial charge in [-0.05, 0) is 0 Å². The maximum absolute atomic E-state index is 11.1. The van der Waals surface area contributed by atoms with Crippen LogP contribution in [0.2, 0.25) is 0 Å². The lowest BCUT2D eigenvalue weighted by Gasteiger charge is -2.04. The summed E-state index contributed by atoms with van der Waals surface area (Å²) in [5.41, 5.74) is 0. The number of thiazole rings is 1. The van der Waals surface area contributed by atoms with Crippen LogP contribution in [0.1, 0.15) is 0 Å². The molecule has 0 aliphatic heterocycles. The highest BCUT2D eigenvalue weighted by Crippen LogP contribution is 2.36. The van der Waals surface area contributed by atoms with E-state index in [0.29, 0.717) is 5.13 Å². The van der Waals surface area contributed by atoms with Gasteiger partial charge in [-0.25, -0.2) is 8.42 Å². The highest BCUT2D eigenvalue weighted by molar-refractivity contribution is 8.15. The van der Waals surface area contributed by atoms with E-state index in [1.165, 1.54) is 7.11 Å². The summed E-state index contributed by atoms with van der Waals surface area (Å²) in [5.74, 6) is 0.0358. The Morgan fingerprint density at radius 3 is 2.36 bits per heavy atom. The molecule has 0 aliphatic rings. The van der Waals surface area contributed by atoms with Crippen LogP contribution in [0.25, 0.3) is 0 Å². The van der Waals surface area contributed by atoms with Crippen LogP contribution in [0, 0.1) is 0 Å². The molecule has 80 valence electrons. The molecule has 0 unspecified atom stereocenters. The first kappa shape index (κ1) is 11.5. The van der Waals surface area contributed by atoms with Gasteiger partial charge in [0.15, 0.2) is 5.13 Å². The zero-order valence-corrected chi connectivity index (χ0v) is 10.2. The molecule has 1 aromatic heterocycles. The Hall–Kier alpha value is -0.530. The fraction of sp³-hybridized carbons (Fsp3) is 0.500. The standard InChI is InChI=1S/C6H9ClN2O3S2/c1-9(2)6-8-4(12-3)5(13-6)14(7,10)11/h1-3H3. The summed E-state index contributed by atoms with van der Waals surface area (Å²) < 4.78 is 26.9. The molecule has 0 saturated carbocycles. The van der Waals surface area contributed by atoms with Crippen molar-refractivity contribution in [3.05, 3.63) is 0 Å². The predicted octanol–water partition coefficient (Wildman–Crippen LogP) is 1.15. The molecular formula is C6H9ClN2O3S2. The van der Waals surface area contributed by atoms with E-state index >= 15 is 0 Å². The Morgan fingerprint density at radius 2 is 2.07 bits per heavy atom. The van der Waals surface area contributed by atoms with E-state index in [1.807, 2.05) is 0 Å². The lowest BCUT2D eigenvalue weighted by Crippen LogP contribution is -2.07. The molecule has 0 bridgehead atoms. The van der Waals surface area contributed by atoms with Crippen LogP contribution >= 0.6 is 22.0 Å². The number of anilines is 1. The molecule has 0 fully saturated rings. The average Bonchev–Trinajstić information content (AvgIpc) is 2.46. The Bertz CT molecular complexity index is 426. The van der Waals surface area contributed by atoms with Crippen LogP contribution in [0.3, 0.4) is 0 Å². The van der Waals surface area contributed by atoms with Gasteiger partial charge in [0, 0.05) is 24.8 Å². The van der Waals surface area contributed by atoms with Gasteiger partial charge in [-0.15, -0.1) is 0 Å². The largest absolute Gasteiger partial charge is 0.479 e. The molecule has 5 nitrogen and oxygen atoms in total. The molecule has 1 aromatic rings. The molecule has 0 aliphatic carbocycles. The Kier molecular flexibility index (Phi) is 3.23. The van der Waals surface area contributed by atoms with E-state index in [0.717, 1.165) is 11.3 Å². The average molecular weight is 257 g/mol. The molecule has 8 heteroatoms. The van der Waals surface area contributed by atoms with Gasteiger partial charge in [0.05, 0.1) is 7.11 Å². The highest BCUT2D eigenvalue weighted by atomic mass is 35.7. The number of rotatable bonds is 3. The summed E-state index contributed by atoms with van der Waals surface area (Å²) in [7, 11) is 6.28. The number of hydrogen-bond donors (Lipinski definition) is 0. The van der Waals surface area contributed by atoms with E-state index < -0.39 is 9.05 Å². The van der Waals surface area contributed by atoms with Crippen molar-refractivity contribution in [2.24, 2.45) is 0 Å². The van der Waals surface area contributed by atoms with Crippen LogP contribution in [-0.4, -0.2) is 34.6 Å². The van der Waals surface area contributed by atoms with Crippen molar-refractivity contribution in [2.75, 3.05) is 26.1 Å². The monoisotopic (exact) mass is 256 g/mol. The van der Waals surface area contributed by atoms with Crippen LogP contribution < -0.4 is 9.64 Å². The zero-order chi connectivity index (χ0) is 10.9. The minimum Gasteiger partial charge on any atom is -0.479 e. The molecule has 0 amide bonds. The van der Waals surface area contributed by atoms with Gasteiger partial charge in [0.2, 0.25) is 10.1 Å². The number of ether oxygens (including phenoxy) is 1. The second kappa shape index (κ2) is 3.92. The normalized spacial score (nSPS) is 11.4. The van der Waals surface area contributed by atoms with E-state index in [2.05, 4.69) is 4.98 Å². The van der Waals surface area contributed by atoms with Gasteiger partial charge in [-0.2, -0.15) is 4.98 Å². The quantitative estimate of drug-likeness (QED) is 0.760. The third-order valence-electron chi connectivity index (χ3n) is 1.35. The molecule has 14 heavy (non-hydrogen) atoms. The molecule has 0 saturated heterocycles. The van der Waals surface area contributed by atoms with Crippen molar-refractivity contribution >= 4 is 36.2 Å². The van der Waals surface area contributed by atoms with Crippen LogP contribution in [-0.2, 0) is 9.05 Å². The maximum Gasteiger partial charge on any atom is 0.276 e. The summed E-state index contributed by atoms with van der Waals surface area (Å²) in [4.78, 5) is 5.63. The summed E-state index contributed by atoms with van der Waals surface area (Å²) in [5, 5.41) is 0.529. The second-order valence-electron chi connectivity index (χ2n) is 2.63. The molecule has 0 N–H and O–H groups in total. The predicted molar refractivity (Wildman–Crippen MR) is 56.0 cm³/mol. The Balaban J connectivity index is 3.30. The molecule has 0 spiro atoms. The van der Waals surface area contributed by atoms with Crippen molar-refractivity contribution in [3.63, 3.8) is 0 Å². The molecular weight excluding hydrogens is 248 g/mol. The van der Waals surface area contributed by atoms with E-state index in [9.17, 15) is 8.42 Å². The number of hydrogen-bond acceptors (Lipinski definition) is 6. The summed E-state index contributed by atoms with van der Waals surface area (Å²) in [6, 6.07) is 0.